The third-order valence-electron chi connectivity index (χ3n) is 3.08. The highest BCUT2D eigenvalue weighted by molar-refractivity contribution is 5.72. The zero-order valence-corrected chi connectivity index (χ0v) is 10.5. The molecule has 0 fully saturated rings. The van der Waals surface area contributed by atoms with Gasteiger partial charge in [0.2, 0.25) is 0 Å². The van der Waals surface area contributed by atoms with Gasteiger partial charge in [-0.15, -0.1) is 0 Å². The van der Waals surface area contributed by atoms with Crippen LogP contribution in [0.1, 0.15) is 5.56 Å². The first-order chi connectivity index (χ1) is 9.78. The molecule has 1 N–H and O–H groups in total. The van der Waals surface area contributed by atoms with Gasteiger partial charge in [0.15, 0.2) is 5.82 Å². The maximum atomic E-state index is 13.4. The second-order valence-corrected chi connectivity index (χ2v) is 4.35. The van der Waals surface area contributed by atoms with Gasteiger partial charge in [0.05, 0.1) is 0 Å². The lowest BCUT2D eigenvalue weighted by atomic mass is 9.98. The smallest absolute Gasteiger partial charge is 0.155 e. The Hall–Kier alpha value is -2.56. The van der Waals surface area contributed by atoms with Crippen LogP contribution in [0.2, 0.25) is 0 Å². The van der Waals surface area contributed by atoms with E-state index in [4.69, 9.17) is 0 Å². The van der Waals surface area contributed by atoms with Gasteiger partial charge in [-0.25, -0.2) is 13.8 Å². The summed E-state index contributed by atoms with van der Waals surface area (Å²) in [6.45, 7) is -0.637. The van der Waals surface area contributed by atoms with Crippen LogP contribution in [0, 0.1) is 5.82 Å². The van der Waals surface area contributed by atoms with Gasteiger partial charge < -0.3 is 0 Å². The lowest BCUT2D eigenvalue weighted by Crippen LogP contribution is -1.90. The second-order valence-electron chi connectivity index (χ2n) is 4.35. The van der Waals surface area contributed by atoms with Gasteiger partial charge in [-0.1, -0.05) is 24.3 Å². The number of rotatable bonds is 3. The molecular weight excluding hydrogens is 260 g/mol. The van der Waals surface area contributed by atoms with E-state index in [0.29, 0.717) is 17.0 Å². The molecule has 5 heteroatoms. The van der Waals surface area contributed by atoms with Crippen molar-refractivity contribution in [2.75, 3.05) is 0 Å². The van der Waals surface area contributed by atoms with E-state index in [1.54, 1.807) is 0 Å². The normalized spacial score (nSPS) is 10.7. The van der Waals surface area contributed by atoms with Crippen molar-refractivity contribution < 1.29 is 8.78 Å². The summed E-state index contributed by atoms with van der Waals surface area (Å²) in [5.41, 5.74) is 2.56. The molecule has 0 aliphatic carbocycles. The van der Waals surface area contributed by atoms with Crippen molar-refractivity contribution in [3.63, 3.8) is 0 Å². The van der Waals surface area contributed by atoms with Crippen molar-refractivity contribution in [2.45, 2.75) is 6.67 Å². The zero-order valence-electron chi connectivity index (χ0n) is 10.5. The molecule has 0 bridgehead atoms. The molecule has 0 saturated carbocycles. The van der Waals surface area contributed by atoms with Crippen LogP contribution < -0.4 is 0 Å². The van der Waals surface area contributed by atoms with Crippen molar-refractivity contribution in [3.05, 3.63) is 60.2 Å². The summed E-state index contributed by atoms with van der Waals surface area (Å²) in [4.78, 5) is 4.07. The monoisotopic (exact) mass is 271 g/mol. The third kappa shape index (κ3) is 2.30. The number of hydrogen-bond donors (Lipinski definition) is 1. The first kappa shape index (κ1) is 12.5. The van der Waals surface area contributed by atoms with Crippen LogP contribution in [0.3, 0.4) is 0 Å². The Morgan fingerprint density at radius 3 is 2.65 bits per heavy atom. The van der Waals surface area contributed by atoms with Crippen molar-refractivity contribution in [2.24, 2.45) is 0 Å². The minimum absolute atomic E-state index is 0.387. The maximum Gasteiger partial charge on any atom is 0.155 e. The van der Waals surface area contributed by atoms with Gasteiger partial charge in [0.25, 0.3) is 0 Å². The molecule has 0 aliphatic heterocycles. The predicted molar refractivity (Wildman–Crippen MR) is 72.0 cm³/mol. The van der Waals surface area contributed by atoms with Crippen molar-refractivity contribution in [3.8, 4) is 22.5 Å². The van der Waals surface area contributed by atoms with Crippen LogP contribution in [0.5, 0.6) is 0 Å². The van der Waals surface area contributed by atoms with Gasteiger partial charge in [-0.05, 0) is 34.9 Å². The SMILES string of the molecule is FCc1ccc(F)cc1-c1cccc(-c2ncn[nH]2)c1. The molecule has 0 atom stereocenters. The largest absolute Gasteiger partial charge is 0.259 e. The van der Waals surface area contributed by atoms with E-state index in [0.717, 1.165) is 11.1 Å². The van der Waals surface area contributed by atoms with Crippen LogP contribution in [0.4, 0.5) is 8.78 Å². The molecule has 3 rings (SSSR count). The van der Waals surface area contributed by atoms with E-state index >= 15 is 0 Å². The summed E-state index contributed by atoms with van der Waals surface area (Å²) in [7, 11) is 0. The molecule has 0 amide bonds. The van der Waals surface area contributed by atoms with Gasteiger partial charge >= 0.3 is 0 Å². The number of aromatic nitrogens is 3. The van der Waals surface area contributed by atoms with Crippen LogP contribution in [-0.2, 0) is 6.67 Å². The molecular formula is C15H11F2N3. The highest BCUT2D eigenvalue weighted by Gasteiger charge is 2.09. The predicted octanol–water partition coefficient (Wildman–Crippen LogP) is 3.75. The van der Waals surface area contributed by atoms with E-state index in [-0.39, 0.29) is 5.82 Å². The molecule has 0 saturated heterocycles. The number of nitrogens with zero attached hydrogens (tertiary/aromatic N) is 2. The maximum absolute atomic E-state index is 13.4. The highest BCUT2D eigenvalue weighted by atomic mass is 19.1. The van der Waals surface area contributed by atoms with Crippen molar-refractivity contribution in [1.29, 1.82) is 0 Å². The molecule has 0 radical (unpaired) electrons. The summed E-state index contributed by atoms with van der Waals surface area (Å²) in [5.74, 6) is 0.229. The fraction of sp³-hybridized carbons (Fsp3) is 0.0667. The summed E-state index contributed by atoms with van der Waals surface area (Å²) in [6.07, 6.45) is 1.41. The number of halogens is 2. The Bertz CT molecular complexity index is 724. The van der Waals surface area contributed by atoms with E-state index in [1.165, 1.54) is 24.5 Å². The van der Waals surface area contributed by atoms with Crippen LogP contribution in [-0.4, -0.2) is 15.2 Å². The lowest BCUT2D eigenvalue weighted by Gasteiger charge is -2.08. The highest BCUT2D eigenvalue weighted by Crippen LogP contribution is 2.28. The molecule has 2 aromatic carbocycles. The van der Waals surface area contributed by atoms with Crippen LogP contribution in [0.25, 0.3) is 22.5 Å². The molecule has 20 heavy (non-hydrogen) atoms. The average Bonchev–Trinajstić information content (AvgIpc) is 3.01. The summed E-state index contributed by atoms with van der Waals surface area (Å²) < 4.78 is 26.4. The van der Waals surface area contributed by atoms with Gasteiger partial charge in [-0.2, -0.15) is 5.10 Å². The summed E-state index contributed by atoms with van der Waals surface area (Å²) in [6, 6.07) is 11.4. The summed E-state index contributed by atoms with van der Waals surface area (Å²) >= 11 is 0. The van der Waals surface area contributed by atoms with E-state index in [1.807, 2.05) is 24.3 Å². The molecule has 3 aromatic rings. The number of H-pyrrole nitrogens is 1. The average molecular weight is 271 g/mol. The first-order valence-electron chi connectivity index (χ1n) is 6.08. The van der Waals surface area contributed by atoms with Crippen molar-refractivity contribution >= 4 is 0 Å². The number of benzene rings is 2. The number of alkyl halides is 1. The fourth-order valence-corrected chi connectivity index (χ4v) is 2.11. The molecule has 100 valence electrons. The molecule has 1 aromatic heterocycles. The van der Waals surface area contributed by atoms with Crippen LogP contribution >= 0.6 is 0 Å². The molecule has 0 spiro atoms. The number of aromatic amines is 1. The number of hydrogen-bond acceptors (Lipinski definition) is 2. The molecule has 1 heterocycles. The topological polar surface area (TPSA) is 41.6 Å². The van der Waals surface area contributed by atoms with E-state index in [9.17, 15) is 8.78 Å². The van der Waals surface area contributed by atoms with Crippen molar-refractivity contribution in [1.82, 2.24) is 15.2 Å². The second kappa shape index (κ2) is 5.21. The fourth-order valence-electron chi connectivity index (χ4n) is 2.11. The quantitative estimate of drug-likeness (QED) is 0.788. The Kier molecular flexibility index (Phi) is 3.25. The van der Waals surface area contributed by atoms with Gasteiger partial charge in [-0.3, -0.25) is 5.10 Å². The lowest BCUT2D eigenvalue weighted by molar-refractivity contribution is 0.485. The van der Waals surface area contributed by atoms with E-state index in [2.05, 4.69) is 15.2 Å². The van der Waals surface area contributed by atoms with E-state index < -0.39 is 6.67 Å². The molecule has 0 unspecified atom stereocenters. The van der Waals surface area contributed by atoms with Gasteiger partial charge in [0.1, 0.15) is 18.8 Å². The zero-order chi connectivity index (χ0) is 13.9. The summed E-state index contributed by atoms with van der Waals surface area (Å²) in [5, 5.41) is 6.56. The Morgan fingerprint density at radius 2 is 1.90 bits per heavy atom. The Morgan fingerprint density at radius 1 is 1.05 bits per heavy atom. The third-order valence-corrected chi connectivity index (χ3v) is 3.08. The minimum Gasteiger partial charge on any atom is -0.259 e. The Labute approximate surface area is 114 Å². The minimum atomic E-state index is -0.637. The van der Waals surface area contributed by atoms with Crippen LogP contribution in [0.15, 0.2) is 48.8 Å². The van der Waals surface area contributed by atoms with Gasteiger partial charge in [0, 0.05) is 5.56 Å². The Balaban J connectivity index is 2.11. The standard InChI is InChI=1S/C15H11F2N3/c16-8-12-4-5-13(17)7-14(12)10-2-1-3-11(6-10)15-18-9-19-20-15/h1-7,9H,8H2,(H,18,19,20). The number of nitrogens with one attached hydrogen (secondary N) is 1. The molecule has 3 nitrogen and oxygen atoms in total. The first-order valence-corrected chi connectivity index (χ1v) is 6.08. The molecule has 0 aliphatic rings.